The predicted molar refractivity (Wildman–Crippen MR) is 135 cm³/mol. The van der Waals surface area contributed by atoms with Crippen molar-refractivity contribution in [2.45, 2.75) is 6.92 Å². The van der Waals surface area contributed by atoms with E-state index in [0.29, 0.717) is 47.8 Å². The molecule has 0 aliphatic carbocycles. The smallest absolute Gasteiger partial charge is 0.319 e. The van der Waals surface area contributed by atoms with Gasteiger partial charge in [0.2, 0.25) is 11.7 Å². The minimum Gasteiger partial charge on any atom is -0.497 e. The van der Waals surface area contributed by atoms with Crippen LogP contribution in [0.3, 0.4) is 0 Å². The van der Waals surface area contributed by atoms with Crippen molar-refractivity contribution in [3.8, 4) is 23.0 Å². The SMILES string of the molecule is COc1ccc(Nc2cc(C)nc(NCCNC(=O)Nc3cc(OC)c(OC)c(OC)c3)n2)cc1. The van der Waals surface area contributed by atoms with E-state index in [4.69, 9.17) is 18.9 Å². The lowest BCUT2D eigenvalue weighted by Crippen LogP contribution is -2.32. The summed E-state index contributed by atoms with van der Waals surface area (Å²) in [5.74, 6) is 3.22. The fourth-order valence-electron chi connectivity index (χ4n) is 3.21. The maximum absolute atomic E-state index is 12.3. The van der Waals surface area contributed by atoms with Gasteiger partial charge < -0.3 is 40.2 Å². The van der Waals surface area contributed by atoms with Crippen molar-refractivity contribution in [3.63, 3.8) is 0 Å². The Bertz CT molecular complexity index is 1110. The summed E-state index contributed by atoms with van der Waals surface area (Å²) in [7, 11) is 6.17. The Hall–Kier alpha value is -4.41. The monoisotopic (exact) mass is 482 g/mol. The highest BCUT2D eigenvalue weighted by Gasteiger charge is 2.14. The summed E-state index contributed by atoms with van der Waals surface area (Å²) in [6.45, 7) is 2.65. The first-order valence-corrected chi connectivity index (χ1v) is 10.8. The first-order valence-electron chi connectivity index (χ1n) is 10.8. The van der Waals surface area contributed by atoms with Gasteiger partial charge in [-0.2, -0.15) is 4.98 Å². The second-order valence-electron chi connectivity index (χ2n) is 7.29. The molecule has 1 heterocycles. The van der Waals surface area contributed by atoms with Crippen LogP contribution in [0.15, 0.2) is 42.5 Å². The normalized spacial score (nSPS) is 10.2. The second-order valence-corrected chi connectivity index (χ2v) is 7.29. The molecule has 0 fully saturated rings. The number of hydrogen-bond donors (Lipinski definition) is 4. The summed E-state index contributed by atoms with van der Waals surface area (Å²) in [5.41, 5.74) is 2.17. The molecule has 0 spiro atoms. The van der Waals surface area contributed by atoms with E-state index in [0.717, 1.165) is 17.1 Å². The van der Waals surface area contributed by atoms with Crippen molar-refractivity contribution >= 4 is 29.2 Å². The Kier molecular flexibility index (Phi) is 8.76. The Morgan fingerprint density at radius 2 is 1.51 bits per heavy atom. The lowest BCUT2D eigenvalue weighted by atomic mass is 10.2. The zero-order valence-corrected chi connectivity index (χ0v) is 20.4. The van der Waals surface area contributed by atoms with Crippen LogP contribution >= 0.6 is 0 Å². The van der Waals surface area contributed by atoms with Crippen molar-refractivity contribution in [1.29, 1.82) is 0 Å². The van der Waals surface area contributed by atoms with Crippen LogP contribution in [0.4, 0.5) is 27.9 Å². The lowest BCUT2D eigenvalue weighted by molar-refractivity contribution is 0.252. The molecule has 35 heavy (non-hydrogen) atoms. The first-order chi connectivity index (χ1) is 16.9. The number of nitrogens with zero attached hydrogens (tertiary/aromatic N) is 2. The molecule has 0 saturated heterocycles. The number of aryl methyl sites for hydroxylation is 1. The lowest BCUT2D eigenvalue weighted by Gasteiger charge is -2.15. The molecule has 3 rings (SSSR count). The molecule has 3 aromatic rings. The van der Waals surface area contributed by atoms with E-state index in [1.54, 1.807) is 19.2 Å². The van der Waals surface area contributed by atoms with E-state index >= 15 is 0 Å². The summed E-state index contributed by atoms with van der Waals surface area (Å²) in [5, 5.41) is 11.9. The van der Waals surface area contributed by atoms with Crippen LogP contribution in [0.1, 0.15) is 5.69 Å². The first kappa shape index (κ1) is 25.2. The van der Waals surface area contributed by atoms with Gasteiger partial charge in [0.05, 0.1) is 34.1 Å². The summed E-state index contributed by atoms with van der Waals surface area (Å²) < 4.78 is 21.1. The van der Waals surface area contributed by atoms with Gasteiger partial charge in [-0.3, -0.25) is 0 Å². The molecule has 186 valence electrons. The highest BCUT2D eigenvalue weighted by molar-refractivity contribution is 5.90. The third kappa shape index (κ3) is 7.03. The van der Waals surface area contributed by atoms with Gasteiger partial charge in [-0.15, -0.1) is 0 Å². The molecular formula is C24H30N6O5. The number of anilines is 4. The van der Waals surface area contributed by atoms with E-state index in [1.165, 1.54) is 21.3 Å². The minimum absolute atomic E-state index is 0.342. The molecule has 0 bridgehead atoms. The largest absolute Gasteiger partial charge is 0.497 e. The molecule has 2 aromatic carbocycles. The van der Waals surface area contributed by atoms with Crippen LogP contribution < -0.4 is 40.2 Å². The number of carbonyl (C=O) groups excluding carboxylic acids is 1. The highest BCUT2D eigenvalue weighted by Crippen LogP contribution is 2.39. The molecule has 0 radical (unpaired) electrons. The minimum atomic E-state index is -0.381. The van der Waals surface area contributed by atoms with Gasteiger partial charge in [-0.25, -0.2) is 9.78 Å². The number of rotatable bonds is 11. The third-order valence-electron chi connectivity index (χ3n) is 4.83. The van der Waals surface area contributed by atoms with E-state index in [1.807, 2.05) is 37.3 Å². The average molecular weight is 483 g/mol. The van der Waals surface area contributed by atoms with Crippen LogP contribution in [-0.4, -0.2) is 57.5 Å². The number of amides is 2. The highest BCUT2D eigenvalue weighted by atomic mass is 16.5. The molecule has 0 aliphatic rings. The Morgan fingerprint density at radius 3 is 2.11 bits per heavy atom. The molecule has 1 aromatic heterocycles. The quantitative estimate of drug-likeness (QED) is 0.302. The summed E-state index contributed by atoms with van der Waals surface area (Å²) in [4.78, 5) is 21.2. The van der Waals surface area contributed by atoms with Crippen molar-refractivity contribution in [3.05, 3.63) is 48.2 Å². The number of methoxy groups -OCH3 is 4. The molecule has 0 unspecified atom stereocenters. The topological polar surface area (TPSA) is 128 Å². The van der Waals surface area contributed by atoms with Gasteiger partial charge in [0.25, 0.3) is 0 Å². The standard InChI is InChI=1S/C24H30N6O5/c1-15-12-21(28-16-6-8-18(32-2)9-7-16)30-23(27-15)25-10-11-26-24(31)29-17-13-19(33-3)22(35-5)20(14-17)34-4/h6-9,12-14H,10-11H2,1-5H3,(H2,26,29,31)(H2,25,27,28,30). The predicted octanol–water partition coefficient (Wildman–Crippen LogP) is 3.80. The molecule has 4 N–H and O–H groups in total. The van der Waals surface area contributed by atoms with Crippen LogP contribution in [0, 0.1) is 6.92 Å². The fourth-order valence-corrected chi connectivity index (χ4v) is 3.21. The zero-order chi connectivity index (χ0) is 25.2. The molecule has 11 heteroatoms. The van der Waals surface area contributed by atoms with E-state index in [2.05, 4.69) is 31.2 Å². The van der Waals surface area contributed by atoms with Crippen molar-refractivity contribution in [2.24, 2.45) is 0 Å². The van der Waals surface area contributed by atoms with E-state index < -0.39 is 0 Å². The molecule has 2 amide bonds. The van der Waals surface area contributed by atoms with Crippen molar-refractivity contribution in [2.75, 3.05) is 57.5 Å². The van der Waals surface area contributed by atoms with Crippen molar-refractivity contribution in [1.82, 2.24) is 15.3 Å². The van der Waals surface area contributed by atoms with Gasteiger partial charge >= 0.3 is 6.03 Å². The summed E-state index contributed by atoms with van der Waals surface area (Å²) >= 11 is 0. The van der Waals surface area contributed by atoms with Gasteiger partial charge in [0.15, 0.2) is 11.5 Å². The number of ether oxygens (including phenoxy) is 4. The van der Waals surface area contributed by atoms with Gasteiger partial charge in [0, 0.05) is 42.7 Å². The molecule has 0 aliphatic heterocycles. The van der Waals surface area contributed by atoms with Crippen molar-refractivity contribution < 1.29 is 23.7 Å². The number of carbonyl (C=O) groups is 1. The van der Waals surface area contributed by atoms with Crippen LogP contribution in [0.5, 0.6) is 23.0 Å². The number of aromatic nitrogens is 2. The maximum Gasteiger partial charge on any atom is 0.319 e. The number of urea groups is 1. The third-order valence-corrected chi connectivity index (χ3v) is 4.83. The van der Waals surface area contributed by atoms with E-state index in [9.17, 15) is 4.79 Å². The summed E-state index contributed by atoms with van der Waals surface area (Å²) in [6, 6.07) is 12.3. The summed E-state index contributed by atoms with van der Waals surface area (Å²) in [6.07, 6.45) is 0. The molecule has 11 nitrogen and oxygen atoms in total. The van der Waals surface area contributed by atoms with Crippen LogP contribution in [0.2, 0.25) is 0 Å². The fraction of sp³-hybridized carbons (Fsp3) is 0.292. The van der Waals surface area contributed by atoms with Crippen LogP contribution in [-0.2, 0) is 0 Å². The molecular weight excluding hydrogens is 452 g/mol. The van der Waals surface area contributed by atoms with Crippen LogP contribution in [0.25, 0.3) is 0 Å². The zero-order valence-electron chi connectivity index (χ0n) is 20.4. The second kappa shape index (κ2) is 12.2. The Morgan fingerprint density at radius 1 is 0.829 bits per heavy atom. The molecule has 0 atom stereocenters. The Labute approximate surface area is 204 Å². The molecule has 0 saturated carbocycles. The average Bonchev–Trinajstić information content (AvgIpc) is 2.86. The van der Waals surface area contributed by atoms with E-state index in [-0.39, 0.29) is 6.03 Å². The van der Waals surface area contributed by atoms with Gasteiger partial charge in [-0.05, 0) is 31.2 Å². The number of nitrogens with one attached hydrogen (secondary N) is 4. The Balaban J connectivity index is 1.52. The van der Waals surface area contributed by atoms with Gasteiger partial charge in [0.1, 0.15) is 11.6 Å². The number of hydrogen-bond acceptors (Lipinski definition) is 9. The number of benzene rings is 2. The maximum atomic E-state index is 12.3. The van der Waals surface area contributed by atoms with Gasteiger partial charge in [-0.1, -0.05) is 0 Å².